The lowest BCUT2D eigenvalue weighted by molar-refractivity contribution is -0.122. The summed E-state index contributed by atoms with van der Waals surface area (Å²) in [5, 5.41) is 0. The van der Waals surface area contributed by atoms with Gasteiger partial charge < -0.3 is 0 Å². The minimum absolute atomic E-state index is 0.230. The summed E-state index contributed by atoms with van der Waals surface area (Å²) in [6.45, 7) is 11.9. The Morgan fingerprint density at radius 2 is 2.08 bits per heavy atom. The zero-order valence-corrected chi connectivity index (χ0v) is 8.27. The maximum atomic E-state index is 11.5. The monoisotopic (exact) mass is 164 g/mol. The lowest BCUT2D eigenvalue weighted by Gasteiger charge is -2.27. The number of allylic oxidation sites excluding steroid dienone is 3. The van der Waals surface area contributed by atoms with Crippen LogP contribution in [0.3, 0.4) is 0 Å². The Balaban J connectivity index is 3.09. The van der Waals surface area contributed by atoms with E-state index in [1.165, 1.54) is 0 Å². The van der Waals surface area contributed by atoms with E-state index in [0.29, 0.717) is 0 Å². The van der Waals surface area contributed by atoms with Crippen molar-refractivity contribution in [3.05, 3.63) is 23.8 Å². The number of carbonyl (C=O) groups excluding carboxylic acids is 1. The van der Waals surface area contributed by atoms with E-state index in [2.05, 4.69) is 6.58 Å². The first kappa shape index (κ1) is 9.24. The van der Waals surface area contributed by atoms with E-state index >= 15 is 0 Å². The maximum Gasteiger partial charge on any atom is 0.162 e. The number of hydrogen-bond donors (Lipinski definition) is 0. The lowest BCUT2D eigenvalue weighted by Crippen LogP contribution is -2.27. The summed E-state index contributed by atoms with van der Waals surface area (Å²) >= 11 is 0. The number of carbonyl (C=O) groups is 1. The Kier molecular flexibility index (Phi) is 1.99. The molecule has 0 radical (unpaired) electrons. The van der Waals surface area contributed by atoms with E-state index in [-0.39, 0.29) is 17.1 Å². The standard InChI is InChI=1S/C11H16O/c1-7(2)10-8(3)6-9(12)11(10,4)5/h6,10H,1H2,2-5H3. The molecule has 66 valence electrons. The fourth-order valence-corrected chi connectivity index (χ4v) is 2.19. The Hall–Kier alpha value is -0.850. The normalized spacial score (nSPS) is 27.2. The van der Waals surface area contributed by atoms with Crippen molar-refractivity contribution in [3.8, 4) is 0 Å². The summed E-state index contributed by atoms with van der Waals surface area (Å²) in [6.07, 6.45) is 1.75. The van der Waals surface area contributed by atoms with Crippen molar-refractivity contribution < 1.29 is 4.79 Å². The Labute approximate surface area is 74.2 Å². The number of rotatable bonds is 1. The third kappa shape index (κ3) is 1.13. The van der Waals surface area contributed by atoms with Crippen molar-refractivity contribution in [1.82, 2.24) is 0 Å². The van der Waals surface area contributed by atoms with Gasteiger partial charge in [-0.05, 0) is 19.9 Å². The molecule has 1 unspecified atom stereocenters. The molecule has 1 aliphatic carbocycles. The highest BCUT2D eigenvalue weighted by atomic mass is 16.1. The Morgan fingerprint density at radius 3 is 2.25 bits per heavy atom. The van der Waals surface area contributed by atoms with E-state index in [9.17, 15) is 4.79 Å². The highest BCUT2D eigenvalue weighted by Gasteiger charge is 2.41. The Bertz CT molecular complexity index is 269. The summed E-state index contributed by atoms with van der Waals surface area (Å²) in [5.41, 5.74) is 1.97. The molecular weight excluding hydrogens is 148 g/mol. The molecule has 0 aromatic rings. The molecule has 0 aromatic carbocycles. The largest absolute Gasteiger partial charge is 0.294 e. The van der Waals surface area contributed by atoms with Gasteiger partial charge in [-0.2, -0.15) is 0 Å². The van der Waals surface area contributed by atoms with Crippen LogP contribution in [-0.2, 0) is 4.79 Å². The third-order valence-corrected chi connectivity index (χ3v) is 2.66. The van der Waals surface area contributed by atoms with Gasteiger partial charge in [0.1, 0.15) is 0 Å². The molecule has 1 heteroatoms. The third-order valence-electron chi connectivity index (χ3n) is 2.66. The van der Waals surface area contributed by atoms with Gasteiger partial charge in [0, 0.05) is 11.3 Å². The average molecular weight is 164 g/mol. The molecule has 0 bridgehead atoms. The van der Waals surface area contributed by atoms with Crippen molar-refractivity contribution in [2.45, 2.75) is 27.7 Å². The molecule has 12 heavy (non-hydrogen) atoms. The van der Waals surface area contributed by atoms with Crippen molar-refractivity contribution in [2.75, 3.05) is 0 Å². The summed E-state index contributed by atoms with van der Waals surface area (Å²) in [6, 6.07) is 0. The molecular formula is C11H16O. The Morgan fingerprint density at radius 1 is 1.58 bits per heavy atom. The van der Waals surface area contributed by atoms with Crippen molar-refractivity contribution in [2.24, 2.45) is 11.3 Å². The van der Waals surface area contributed by atoms with Gasteiger partial charge >= 0.3 is 0 Å². The van der Waals surface area contributed by atoms with Gasteiger partial charge in [0.25, 0.3) is 0 Å². The summed E-state index contributed by atoms with van der Waals surface area (Å²) in [7, 11) is 0. The summed E-state index contributed by atoms with van der Waals surface area (Å²) in [5.74, 6) is 0.470. The first-order valence-electron chi connectivity index (χ1n) is 4.25. The lowest BCUT2D eigenvalue weighted by atomic mass is 9.75. The second-order valence-corrected chi connectivity index (χ2v) is 4.25. The van der Waals surface area contributed by atoms with Crippen LogP contribution in [0.1, 0.15) is 27.7 Å². The van der Waals surface area contributed by atoms with Crippen LogP contribution in [0, 0.1) is 11.3 Å². The number of hydrogen-bond acceptors (Lipinski definition) is 1. The van der Waals surface area contributed by atoms with Crippen LogP contribution in [-0.4, -0.2) is 5.78 Å². The first-order valence-corrected chi connectivity index (χ1v) is 4.25. The maximum absolute atomic E-state index is 11.5. The molecule has 0 amide bonds. The smallest absolute Gasteiger partial charge is 0.162 e. The van der Waals surface area contributed by atoms with Crippen LogP contribution in [0.4, 0.5) is 0 Å². The van der Waals surface area contributed by atoms with Crippen molar-refractivity contribution in [3.63, 3.8) is 0 Å². The van der Waals surface area contributed by atoms with Gasteiger partial charge in [-0.1, -0.05) is 31.6 Å². The van der Waals surface area contributed by atoms with Crippen LogP contribution in [0.5, 0.6) is 0 Å². The van der Waals surface area contributed by atoms with E-state index in [1.807, 2.05) is 27.7 Å². The zero-order chi connectivity index (χ0) is 9.52. The molecule has 1 aliphatic rings. The van der Waals surface area contributed by atoms with Crippen molar-refractivity contribution >= 4 is 5.78 Å². The summed E-state index contributed by atoms with van der Waals surface area (Å²) in [4.78, 5) is 11.5. The molecule has 0 fully saturated rings. The molecule has 1 rings (SSSR count). The highest BCUT2D eigenvalue weighted by molar-refractivity contribution is 5.98. The SMILES string of the molecule is C=C(C)C1C(C)=CC(=O)C1(C)C. The highest BCUT2D eigenvalue weighted by Crippen LogP contribution is 2.43. The molecule has 0 spiro atoms. The van der Waals surface area contributed by atoms with Crippen LogP contribution >= 0.6 is 0 Å². The van der Waals surface area contributed by atoms with E-state index in [0.717, 1.165) is 11.1 Å². The van der Waals surface area contributed by atoms with Gasteiger partial charge in [0.05, 0.1) is 0 Å². The molecule has 0 aromatic heterocycles. The average Bonchev–Trinajstić information content (AvgIpc) is 2.02. The fraction of sp³-hybridized carbons (Fsp3) is 0.545. The van der Waals surface area contributed by atoms with Gasteiger partial charge in [-0.3, -0.25) is 4.79 Å². The minimum Gasteiger partial charge on any atom is -0.294 e. The molecule has 1 nitrogen and oxygen atoms in total. The second-order valence-electron chi connectivity index (χ2n) is 4.25. The van der Waals surface area contributed by atoms with Crippen LogP contribution in [0.2, 0.25) is 0 Å². The molecule has 0 aliphatic heterocycles. The molecule has 0 saturated carbocycles. The number of ketones is 1. The zero-order valence-electron chi connectivity index (χ0n) is 8.27. The molecule has 0 N–H and O–H groups in total. The van der Waals surface area contributed by atoms with Crippen LogP contribution in [0.25, 0.3) is 0 Å². The van der Waals surface area contributed by atoms with Gasteiger partial charge in [-0.15, -0.1) is 0 Å². The first-order chi connectivity index (χ1) is 5.37. The van der Waals surface area contributed by atoms with E-state index < -0.39 is 0 Å². The quantitative estimate of drug-likeness (QED) is 0.544. The van der Waals surface area contributed by atoms with E-state index in [4.69, 9.17) is 0 Å². The predicted octanol–water partition coefficient (Wildman–Crippen LogP) is 2.73. The predicted molar refractivity (Wildman–Crippen MR) is 50.8 cm³/mol. The van der Waals surface area contributed by atoms with E-state index in [1.54, 1.807) is 6.08 Å². The van der Waals surface area contributed by atoms with Crippen LogP contribution in [0.15, 0.2) is 23.8 Å². The minimum atomic E-state index is -0.268. The van der Waals surface area contributed by atoms with Crippen molar-refractivity contribution in [1.29, 1.82) is 0 Å². The van der Waals surface area contributed by atoms with Gasteiger partial charge in [0.2, 0.25) is 0 Å². The molecule has 0 saturated heterocycles. The van der Waals surface area contributed by atoms with Crippen LogP contribution < -0.4 is 0 Å². The molecule has 0 heterocycles. The fourth-order valence-electron chi connectivity index (χ4n) is 2.19. The topological polar surface area (TPSA) is 17.1 Å². The molecule has 1 atom stereocenters. The van der Waals surface area contributed by atoms with Gasteiger partial charge in [0.15, 0.2) is 5.78 Å². The summed E-state index contributed by atoms with van der Waals surface area (Å²) < 4.78 is 0. The second kappa shape index (κ2) is 2.58. The van der Waals surface area contributed by atoms with Gasteiger partial charge in [-0.25, -0.2) is 0 Å².